The molecule has 0 heterocycles. The second-order valence-electron chi connectivity index (χ2n) is 2.49. The van der Waals surface area contributed by atoms with Gasteiger partial charge in [-0.15, -0.1) is 0 Å². The van der Waals surface area contributed by atoms with Gasteiger partial charge in [-0.2, -0.15) is 0 Å². The zero-order valence-electron chi connectivity index (χ0n) is 6.90. The topological polar surface area (TPSA) is 29.1 Å². The smallest absolute Gasteiger partial charge is 0.220 e. The molecule has 58 valence electrons. The summed E-state index contributed by atoms with van der Waals surface area (Å²) in [6.45, 7) is 4.06. The lowest BCUT2D eigenvalue weighted by atomic mass is 10.2. The maximum Gasteiger partial charge on any atom is 0.220 e. The normalized spacial score (nSPS) is 8.70. The first-order chi connectivity index (χ1) is 4.66. The second-order valence-corrected chi connectivity index (χ2v) is 2.49. The molecule has 0 aromatic heterocycles. The standard InChI is InChI=1S/C8H15NO/c1-7(2)5-4-6-8(10)9-3/h5H,4,6H2,1-3H3,(H,9,10). The highest BCUT2D eigenvalue weighted by molar-refractivity contribution is 5.75. The maximum absolute atomic E-state index is 10.7. The molecule has 0 saturated heterocycles. The van der Waals surface area contributed by atoms with Gasteiger partial charge in [0.15, 0.2) is 0 Å². The third kappa shape index (κ3) is 5.35. The zero-order valence-corrected chi connectivity index (χ0v) is 6.90. The fourth-order valence-electron chi connectivity index (χ4n) is 0.617. The summed E-state index contributed by atoms with van der Waals surface area (Å²) in [5, 5.41) is 2.57. The van der Waals surface area contributed by atoms with Crippen LogP contribution in [0.5, 0.6) is 0 Å². The fraction of sp³-hybridized carbons (Fsp3) is 0.625. The summed E-state index contributed by atoms with van der Waals surface area (Å²) < 4.78 is 0. The molecule has 2 heteroatoms. The van der Waals surface area contributed by atoms with Crippen molar-refractivity contribution in [2.45, 2.75) is 26.7 Å². The van der Waals surface area contributed by atoms with E-state index in [2.05, 4.69) is 11.4 Å². The lowest BCUT2D eigenvalue weighted by Gasteiger charge is -1.94. The Morgan fingerprint density at radius 2 is 2.10 bits per heavy atom. The van der Waals surface area contributed by atoms with E-state index in [0.29, 0.717) is 6.42 Å². The minimum atomic E-state index is 0.109. The van der Waals surface area contributed by atoms with Crippen LogP contribution in [0, 0.1) is 0 Å². The number of carbonyl (C=O) groups is 1. The number of allylic oxidation sites excluding steroid dienone is 2. The summed E-state index contributed by atoms with van der Waals surface area (Å²) in [5.41, 5.74) is 1.27. The number of amides is 1. The fourth-order valence-corrected chi connectivity index (χ4v) is 0.617. The molecule has 0 radical (unpaired) electrons. The summed E-state index contributed by atoms with van der Waals surface area (Å²) in [6.07, 6.45) is 3.51. The number of carbonyl (C=O) groups excluding carboxylic acids is 1. The highest BCUT2D eigenvalue weighted by Gasteiger charge is 1.92. The van der Waals surface area contributed by atoms with Crippen LogP contribution in [0.15, 0.2) is 11.6 Å². The highest BCUT2D eigenvalue weighted by Crippen LogP contribution is 1.95. The minimum absolute atomic E-state index is 0.109. The second kappa shape index (κ2) is 5.03. The molecular formula is C8H15NO. The Labute approximate surface area is 62.3 Å². The van der Waals surface area contributed by atoms with Crippen LogP contribution in [-0.2, 0) is 4.79 Å². The van der Waals surface area contributed by atoms with Crippen LogP contribution in [0.25, 0.3) is 0 Å². The third-order valence-electron chi connectivity index (χ3n) is 1.20. The van der Waals surface area contributed by atoms with Crippen molar-refractivity contribution in [3.05, 3.63) is 11.6 Å². The van der Waals surface area contributed by atoms with Crippen molar-refractivity contribution in [2.75, 3.05) is 7.05 Å². The largest absolute Gasteiger partial charge is 0.359 e. The average molecular weight is 141 g/mol. The van der Waals surface area contributed by atoms with Crippen molar-refractivity contribution in [2.24, 2.45) is 0 Å². The van der Waals surface area contributed by atoms with Crippen molar-refractivity contribution in [3.63, 3.8) is 0 Å². The van der Waals surface area contributed by atoms with E-state index in [4.69, 9.17) is 0 Å². The number of hydrogen-bond donors (Lipinski definition) is 1. The van der Waals surface area contributed by atoms with Crippen molar-refractivity contribution >= 4 is 5.91 Å². The Hall–Kier alpha value is -0.790. The van der Waals surface area contributed by atoms with Crippen LogP contribution < -0.4 is 5.32 Å². The molecule has 10 heavy (non-hydrogen) atoms. The molecule has 0 aliphatic heterocycles. The molecule has 0 atom stereocenters. The van der Waals surface area contributed by atoms with E-state index in [1.54, 1.807) is 7.05 Å². The van der Waals surface area contributed by atoms with E-state index < -0.39 is 0 Å². The Morgan fingerprint density at radius 1 is 1.50 bits per heavy atom. The van der Waals surface area contributed by atoms with Crippen molar-refractivity contribution in [1.29, 1.82) is 0 Å². The first-order valence-electron chi connectivity index (χ1n) is 3.50. The van der Waals surface area contributed by atoms with Crippen LogP contribution in [0.4, 0.5) is 0 Å². The molecule has 1 N–H and O–H groups in total. The predicted molar refractivity (Wildman–Crippen MR) is 42.7 cm³/mol. The van der Waals surface area contributed by atoms with Gasteiger partial charge in [0.25, 0.3) is 0 Å². The summed E-state index contributed by atoms with van der Waals surface area (Å²) >= 11 is 0. The Balaban J connectivity index is 3.37. The molecule has 0 aliphatic carbocycles. The Bertz CT molecular complexity index is 134. The molecule has 0 spiro atoms. The molecule has 0 bridgehead atoms. The number of hydrogen-bond acceptors (Lipinski definition) is 1. The molecule has 2 nitrogen and oxygen atoms in total. The molecule has 0 aromatic carbocycles. The first kappa shape index (κ1) is 9.21. The minimum Gasteiger partial charge on any atom is -0.359 e. The number of nitrogens with one attached hydrogen (secondary N) is 1. The van der Waals surface area contributed by atoms with E-state index in [1.165, 1.54) is 5.57 Å². The molecule has 0 saturated carbocycles. The summed E-state index contributed by atoms with van der Waals surface area (Å²) in [4.78, 5) is 10.7. The monoisotopic (exact) mass is 141 g/mol. The van der Waals surface area contributed by atoms with Gasteiger partial charge < -0.3 is 5.32 Å². The van der Waals surface area contributed by atoms with Crippen molar-refractivity contribution in [1.82, 2.24) is 5.32 Å². The molecule has 0 aromatic rings. The zero-order chi connectivity index (χ0) is 7.98. The first-order valence-corrected chi connectivity index (χ1v) is 3.50. The van der Waals surface area contributed by atoms with E-state index in [0.717, 1.165) is 6.42 Å². The van der Waals surface area contributed by atoms with E-state index in [-0.39, 0.29) is 5.91 Å². The maximum atomic E-state index is 10.7. The Morgan fingerprint density at radius 3 is 2.50 bits per heavy atom. The molecular weight excluding hydrogens is 126 g/mol. The van der Waals surface area contributed by atoms with Crippen LogP contribution in [0.2, 0.25) is 0 Å². The van der Waals surface area contributed by atoms with Gasteiger partial charge in [-0.1, -0.05) is 11.6 Å². The molecule has 0 fully saturated rings. The summed E-state index contributed by atoms with van der Waals surface area (Å²) in [6, 6.07) is 0. The predicted octanol–water partition coefficient (Wildman–Crippen LogP) is 1.48. The van der Waals surface area contributed by atoms with Crippen LogP contribution in [0.3, 0.4) is 0 Å². The van der Waals surface area contributed by atoms with Gasteiger partial charge in [0.05, 0.1) is 0 Å². The van der Waals surface area contributed by atoms with Crippen LogP contribution in [0.1, 0.15) is 26.7 Å². The van der Waals surface area contributed by atoms with Gasteiger partial charge in [0.2, 0.25) is 5.91 Å². The molecule has 0 unspecified atom stereocenters. The molecule has 1 amide bonds. The van der Waals surface area contributed by atoms with Crippen LogP contribution in [-0.4, -0.2) is 13.0 Å². The highest BCUT2D eigenvalue weighted by atomic mass is 16.1. The van der Waals surface area contributed by atoms with E-state index in [9.17, 15) is 4.79 Å². The van der Waals surface area contributed by atoms with E-state index in [1.807, 2.05) is 13.8 Å². The third-order valence-corrected chi connectivity index (χ3v) is 1.20. The number of rotatable bonds is 3. The van der Waals surface area contributed by atoms with Gasteiger partial charge in [-0.25, -0.2) is 0 Å². The Kier molecular flexibility index (Phi) is 4.63. The average Bonchev–Trinajstić information content (AvgIpc) is 1.87. The quantitative estimate of drug-likeness (QED) is 0.592. The van der Waals surface area contributed by atoms with Gasteiger partial charge in [0, 0.05) is 13.5 Å². The van der Waals surface area contributed by atoms with E-state index >= 15 is 0 Å². The van der Waals surface area contributed by atoms with Gasteiger partial charge >= 0.3 is 0 Å². The van der Waals surface area contributed by atoms with Gasteiger partial charge in [-0.05, 0) is 20.3 Å². The summed E-state index contributed by atoms with van der Waals surface area (Å²) in [5.74, 6) is 0.109. The van der Waals surface area contributed by atoms with Crippen molar-refractivity contribution in [3.8, 4) is 0 Å². The van der Waals surface area contributed by atoms with Gasteiger partial charge in [-0.3, -0.25) is 4.79 Å². The van der Waals surface area contributed by atoms with Crippen molar-refractivity contribution < 1.29 is 4.79 Å². The lowest BCUT2D eigenvalue weighted by Crippen LogP contribution is -2.16. The molecule has 0 rings (SSSR count). The lowest BCUT2D eigenvalue weighted by molar-refractivity contribution is -0.120. The summed E-state index contributed by atoms with van der Waals surface area (Å²) in [7, 11) is 1.66. The van der Waals surface area contributed by atoms with Gasteiger partial charge in [0.1, 0.15) is 0 Å². The molecule has 0 aliphatic rings. The van der Waals surface area contributed by atoms with Crippen LogP contribution >= 0.6 is 0 Å². The SMILES string of the molecule is CNC(=O)CCC=C(C)C.